The van der Waals surface area contributed by atoms with Gasteiger partial charge in [0.25, 0.3) is 0 Å². The van der Waals surface area contributed by atoms with E-state index in [0.29, 0.717) is 6.04 Å². The minimum Gasteiger partial charge on any atom is -0.373 e. The number of rotatable bonds is 5. The van der Waals surface area contributed by atoms with Crippen molar-refractivity contribution in [2.75, 3.05) is 25.0 Å². The Morgan fingerprint density at radius 1 is 1.21 bits per heavy atom. The van der Waals surface area contributed by atoms with Gasteiger partial charge in [-0.1, -0.05) is 45.4 Å². The molecule has 19 heavy (non-hydrogen) atoms. The van der Waals surface area contributed by atoms with E-state index in [9.17, 15) is 0 Å². The third-order valence-corrected chi connectivity index (χ3v) is 3.72. The van der Waals surface area contributed by atoms with Gasteiger partial charge in [-0.25, -0.2) is 0 Å². The van der Waals surface area contributed by atoms with E-state index in [4.69, 9.17) is 0 Å². The van der Waals surface area contributed by atoms with Gasteiger partial charge in [0.05, 0.1) is 0 Å². The van der Waals surface area contributed by atoms with Crippen LogP contribution in [0.25, 0.3) is 0 Å². The number of benzene rings is 1. The zero-order valence-electron chi connectivity index (χ0n) is 13.7. The Labute approximate surface area is 119 Å². The lowest BCUT2D eigenvalue weighted by Crippen LogP contribution is -2.47. The van der Waals surface area contributed by atoms with Crippen LogP contribution in [0.3, 0.4) is 0 Å². The zero-order chi connectivity index (χ0) is 14.6. The molecule has 2 nitrogen and oxygen atoms in total. The zero-order valence-corrected chi connectivity index (χ0v) is 13.7. The Kier molecular flexibility index (Phi) is 5.42. The van der Waals surface area contributed by atoms with Gasteiger partial charge < -0.3 is 10.2 Å². The Hall–Kier alpha value is -1.02. The molecule has 1 atom stereocenters. The van der Waals surface area contributed by atoms with Crippen LogP contribution in [0.4, 0.5) is 5.69 Å². The summed E-state index contributed by atoms with van der Waals surface area (Å²) in [4.78, 5) is 2.37. The first-order valence-electron chi connectivity index (χ1n) is 7.27. The van der Waals surface area contributed by atoms with E-state index in [1.54, 1.807) is 0 Å². The van der Waals surface area contributed by atoms with Gasteiger partial charge in [-0.2, -0.15) is 0 Å². The highest BCUT2D eigenvalue weighted by Gasteiger charge is 2.25. The SMILES string of the molecule is CCNC(CN(C)c1ccc(C)cc1C)C(C)(C)C. The maximum Gasteiger partial charge on any atom is 0.0394 e. The first kappa shape index (κ1) is 16.0. The van der Waals surface area contributed by atoms with Gasteiger partial charge in [0.15, 0.2) is 0 Å². The summed E-state index contributed by atoms with van der Waals surface area (Å²) in [5.41, 5.74) is 4.28. The van der Waals surface area contributed by atoms with Crippen molar-refractivity contribution in [2.24, 2.45) is 5.41 Å². The first-order valence-corrected chi connectivity index (χ1v) is 7.27. The van der Waals surface area contributed by atoms with Crippen LogP contribution in [-0.2, 0) is 0 Å². The van der Waals surface area contributed by atoms with Crippen LogP contribution in [0, 0.1) is 19.3 Å². The predicted octanol–water partition coefficient (Wildman–Crippen LogP) is 3.76. The molecule has 1 N–H and O–H groups in total. The molecule has 0 bridgehead atoms. The highest BCUT2D eigenvalue weighted by Crippen LogP contribution is 2.24. The van der Waals surface area contributed by atoms with Crippen LogP contribution in [0.2, 0.25) is 0 Å². The fourth-order valence-corrected chi connectivity index (χ4v) is 2.50. The second-order valence-corrected chi connectivity index (χ2v) is 6.65. The second-order valence-electron chi connectivity index (χ2n) is 6.65. The molecule has 1 unspecified atom stereocenters. The van der Waals surface area contributed by atoms with Gasteiger partial charge in [0.2, 0.25) is 0 Å². The van der Waals surface area contributed by atoms with Gasteiger partial charge >= 0.3 is 0 Å². The first-order chi connectivity index (χ1) is 8.75. The summed E-state index contributed by atoms with van der Waals surface area (Å²) in [6.45, 7) is 15.5. The minimum absolute atomic E-state index is 0.267. The molecule has 1 aromatic rings. The van der Waals surface area contributed by atoms with Crippen molar-refractivity contribution in [3.05, 3.63) is 29.3 Å². The molecule has 0 saturated heterocycles. The predicted molar refractivity (Wildman–Crippen MR) is 86.1 cm³/mol. The smallest absolute Gasteiger partial charge is 0.0394 e. The summed E-state index contributed by atoms with van der Waals surface area (Å²) >= 11 is 0. The second kappa shape index (κ2) is 6.42. The van der Waals surface area contributed by atoms with Crippen LogP contribution in [0.1, 0.15) is 38.8 Å². The monoisotopic (exact) mass is 262 g/mol. The van der Waals surface area contributed by atoms with Crippen molar-refractivity contribution in [1.82, 2.24) is 5.32 Å². The quantitative estimate of drug-likeness (QED) is 0.869. The van der Waals surface area contributed by atoms with Gasteiger partial charge in [0.1, 0.15) is 0 Å². The number of aryl methyl sites for hydroxylation is 2. The van der Waals surface area contributed by atoms with Gasteiger partial charge in [-0.05, 0) is 37.4 Å². The van der Waals surface area contributed by atoms with Crippen LogP contribution >= 0.6 is 0 Å². The molecule has 108 valence electrons. The molecule has 0 aliphatic rings. The summed E-state index contributed by atoms with van der Waals surface area (Å²) in [5.74, 6) is 0. The molecule has 2 heteroatoms. The maximum atomic E-state index is 3.61. The van der Waals surface area contributed by atoms with Gasteiger partial charge in [-0.3, -0.25) is 0 Å². The standard InChI is InChI=1S/C17H30N2/c1-8-18-16(17(4,5)6)12-19(7)15-10-9-13(2)11-14(15)3/h9-11,16,18H,8,12H2,1-7H3. The third kappa shape index (κ3) is 4.54. The van der Waals surface area contributed by atoms with Gasteiger partial charge in [-0.15, -0.1) is 0 Å². The maximum absolute atomic E-state index is 3.61. The van der Waals surface area contributed by atoms with E-state index in [0.717, 1.165) is 13.1 Å². The number of anilines is 1. The molecule has 0 radical (unpaired) electrons. The van der Waals surface area contributed by atoms with E-state index in [1.165, 1.54) is 16.8 Å². The summed E-state index contributed by atoms with van der Waals surface area (Å²) in [6.07, 6.45) is 0. The number of hydrogen-bond acceptors (Lipinski definition) is 2. The highest BCUT2D eigenvalue weighted by molar-refractivity contribution is 5.53. The lowest BCUT2D eigenvalue weighted by Gasteiger charge is -2.36. The lowest BCUT2D eigenvalue weighted by molar-refractivity contribution is 0.275. The van der Waals surface area contributed by atoms with Crippen LogP contribution in [-0.4, -0.2) is 26.2 Å². The Morgan fingerprint density at radius 3 is 2.32 bits per heavy atom. The molecule has 1 aromatic carbocycles. The fraction of sp³-hybridized carbons (Fsp3) is 0.647. The Bertz CT molecular complexity index is 404. The van der Waals surface area contributed by atoms with E-state index in [-0.39, 0.29) is 5.41 Å². The normalized spacial score (nSPS) is 13.4. The summed E-state index contributed by atoms with van der Waals surface area (Å²) in [7, 11) is 2.19. The fourth-order valence-electron chi connectivity index (χ4n) is 2.50. The van der Waals surface area contributed by atoms with Crippen molar-refractivity contribution in [3.8, 4) is 0 Å². The molecule has 0 heterocycles. The molecule has 0 amide bonds. The van der Waals surface area contributed by atoms with E-state index in [2.05, 4.69) is 77.0 Å². The summed E-state index contributed by atoms with van der Waals surface area (Å²) < 4.78 is 0. The third-order valence-electron chi connectivity index (χ3n) is 3.72. The average molecular weight is 262 g/mol. The summed E-state index contributed by atoms with van der Waals surface area (Å²) in [5, 5.41) is 3.61. The molecule has 0 spiro atoms. The van der Waals surface area contributed by atoms with Crippen LogP contribution in [0.5, 0.6) is 0 Å². The molecular formula is C17H30N2. The number of nitrogens with zero attached hydrogens (tertiary/aromatic N) is 1. The van der Waals surface area contributed by atoms with E-state index < -0.39 is 0 Å². The molecule has 0 saturated carbocycles. The molecule has 0 aliphatic carbocycles. The number of likely N-dealkylation sites (N-methyl/N-ethyl adjacent to an activating group) is 2. The largest absolute Gasteiger partial charge is 0.373 e. The summed E-state index contributed by atoms with van der Waals surface area (Å²) in [6, 6.07) is 7.17. The molecule has 1 rings (SSSR count). The molecular weight excluding hydrogens is 232 g/mol. The van der Waals surface area contributed by atoms with E-state index in [1.807, 2.05) is 0 Å². The molecule has 0 aromatic heterocycles. The van der Waals surface area contributed by atoms with Gasteiger partial charge in [0, 0.05) is 25.3 Å². The van der Waals surface area contributed by atoms with Crippen molar-refractivity contribution >= 4 is 5.69 Å². The van der Waals surface area contributed by atoms with Crippen LogP contribution < -0.4 is 10.2 Å². The number of nitrogens with one attached hydrogen (secondary N) is 1. The van der Waals surface area contributed by atoms with Crippen molar-refractivity contribution < 1.29 is 0 Å². The van der Waals surface area contributed by atoms with E-state index >= 15 is 0 Å². The van der Waals surface area contributed by atoms with Crippen LogP contribution in [0.15, 0.2) is 18.2 Å². The number of hydrogen-bond donors (Lipinski definition) is 1. The van der Waals surface area contributed by atoms with Crippen molar-refractivity contribution in [1.29, 1.82) is 0 Å². The average Bonchev–Trinajstić information content (AvgIpc) is 2.26. The highest BCUT2D eigenvalue weighted by atomic mass is 15.1. The minimum atomic E-state index is 0.267. The Morgan fingerprint density at radius 2 is 1.84 bits per heavy atom. The van der Waals surface area contributed by atoms with Crippen molar-refractivity contribution in [2.45, 2.75) is 47.6 Å². The Balaban J connectivity index is 2.84. The lowest BCUT2D eigenvalue weighted by atomic mass is 9.86. The molecule has 0 aliphatic heterocycles. The molecule has 0 fully saturated rings. The topological polar surface area (TPSA) is 15.3 Å². The van der Waals surface area contributed by atoms with Crippen molar-refractivity contribution in [3.63, 3.8) is 0 Å².